The van der Waals surface area contributed by atoms with E-state index in [0.29, 0.717) is 18.1 Å². The van der Waals surface area contributed by atoms with Gasteiger partial charge in [0, 0.05) is 43.9 Å². The van der Waals surface area contributed by atoms with Gasteiger partial charge in [0.2, 0.25) is 11.7 Å². The largest absolute Gasteiger partial charge is 0.339 e. The van der Waals surface area contributed by atoms with Crippen LogP contribution in [0.2, 0.25) is 0 Å². The van der Waals surface area contributed by atoms with Crippen molar-refractivity contribution < 1.29 is 9.32 Å². The Bertz CT molecular complexity index is 659. The summed E-state index contributed by atoms with van der Waals surface area (Å²) in [5.74, 6) is 1.19. The number of amides is 2. The molecule has 1 saturated heterocycles. The fourth-order valence-electron chi connectivity index (χ4n) is 2.43. The van der Waals surface area contributed by atoms with Gasteiger partial charge in [0.25, 0.3) is 0 Å². The van der Waals surface area contributed by atoms with Crippen molar-refractivity contribution in [1.82, 2.24) is 19.9 Å². The molecule has 2 heterocycles. The van der Waals surface area contributed by atoms with Crippen LogP contribution in [0.4, 0.5) is 10.5 Å². The van der Waals surface area contributed by atoms with Crippen molar-refractivity contribution in [1.29, 1.82) is 0 Å². The molecule has 1 N–H and O–H groups in total. The highest BCUT2D eigenvalue weighted by molar-refractivity contribution is 5.89. The highest BCUT2D eigenvalue weighted by Gasteiger charge is 2.18. The molecule has 0 bridgehead atoms. The predicted molar refractivity (Wildman–Crippen MR) is 87.2 cm³/mol. The summed E-state index contributed by atoms with van der Waals surface area (Å²) in [7, 11) is 2.07. The van der Waals surface area contributed by atoms with E-state index in [4.69, 9.17) is 4.52 Å². The smallest absolute Gasteiger partial charge is 0.321 e. The molecule has 3 rings (SSSR count). The number of aryl methyl sites for hydroxylation is 1. The van der Waals surface area contributed by atoms with E-state index in [1.54, 1.807) is 0 Å². The molecule has 0 atom stereocenters. The van der Waals surface area contributed by atoms with Crippen molar-refractivity contribution in [3.05, 3.63) is 30.2 Å². The number of hydrogen-bond acceptors (Lipinski definition) is 5. The number of urea groups is 1. The minimum absolute atomic E-state index is 0.0568. The number of rotatable bonds is 3. The molecule has 7 heteroatoms. The number of likely N-dealkylation sites (N-methyl/N-ethyl adjacent to an activating group) is 1. The minimum Gasteiger partial charge on any atom is -0.339 e. The van der Waals surface area contributed by atoms with E-state index < -0.39 is 0 Å². The molecule has 0 radical (unpaired) electrons. The molecule has 7 nitrogen and oxygen atoms in total. The van der Waals surface area contributed by atoms with Crippen LogP contribution >= 0.6 is 0 Å². The van der Waals surface area contributed by atoms with Crippen molar-refractivity contribution in [3.63, 3.8) is 0 Å². The first kappa shape index (κ1) is 15.5. The number of aromatic nitrogens is 2. The van der Waals surface area contributed by atoms with Crippen molar-refractivity contribution in [2.75, 3.05) is 38.5 Å². The molecule has 1 aromatic heterocycles. The lowest BCUT2D eigenvalue weighted by molar-refractivity contribution is 0.164. The SMILES string of the molecule is CCc1nc(-c2ccc(NC(=O)N3CCN(C)CC3)cc2)no1. The van der Waals surface area contributed by atoms with Gasteiger partial charge in [-0.15, -0.1) is 0 Å². The standard InChI is InChI=1S/C16H21N5O2/c1-3-14-18-15(19-23-14)12-4-6-13(7-5-12)17-16(22)21-10-8-20(2)9-11-21/h4-7H,3,8-11H2,1-2H3,(H,17,22). The summed E-state index contributed by atoms with van der Waals surface area (Å²) in [4.78, 5) is 20.6. The quantitative estimate of drug-likeness (QED) is 0.938. The monoisotopic (exact) mass is 315 g/mol. The Morgan fingerprint density at radius 2 is 1.91 bits per heavy atom. The average molecular weight is 315 g/mol. The number of carbonyl (C=O) groups is 1. The summed E-state index contributed by atoms with van der Waals surface area (Å²) in [6.07, 6.45) is 0.714. The Morgan fingerprint density at radius 3 is 2.52 bits per heavy atom. The third kappa shape index (κ3) is 3.68. The average Bonchev–Trinajstić information content (AvgIpc) is 3.05. The first-order valence-electron chi connectivity index (χ1n) is 7.83. The van der Waals surface area contributed by atoms with Gasteiger partial charge < -0.3 is 19.6 Å². The van der Waals surface area contributed by atoms with Crippen LogP contribution < -0.4 is 5.32 Å². The fraction of sp³-hybridized carbons (Fsp3) is 0.438. The van der Waals surface area contributed by atoms with E-state index in [2.05, 4.69) is 27.4 Å². The van der Waals surface area contributed by atoms with Crippen LogP contribution in [0.25, 0.3) is 11.4 Å². The van der Waals surface area contributed by atoms with Gasteiger partial charge >= 0.3 is 6.03 Å². The van der Waals surface area contributed by atoms with E-state index >= 15 is 0 Å². The van der Waals surface area contributed by atoms with Crippen LogP contribution in [0.15, 0.2) is 28.8 Å². The molecule has 0 aliphatic carbocycles. The summed E-state index contributed by atoms with van der Waals surface area (Å²) >= 11 is 0. The molecule has 1 aromatic carbocycles. The number of hydrogen-bond donors (Lipinski definition) is 1. The molecule has 2 amide bonds. The Hall–Kier alpha value is -2.41. The lowest BCUT2D eigenvalue weighted by Gasteiger charge is -2.32. The maximum Gasteiger partial charge on any atom is 0.321 e. The topological polar surface area (TPSA) is 74.5 Å². The van der Waals surface area contributed by atoms with Gasteiger partial charge in [0.15, 0.2) is 0 Å². The van der Waals surface area contributed by atoms with Gasteiger partial charge in [-0.05, 0) is 31.3 Å². The zero-order valence-electron chi connectivity index (χ0n) is 13.5. The fourth-order valence-corrected chi connectivity index (χ4v) is 2.43. The third-order valence-corrected chi connectivity index (χ3v) is 3.96. The second kappa shape index (κ2) is 6.78. The summed E-state index contributed by atoms with van der Waals surface area (Å²) in [6.45, 7) is 5.29. The molecule has 1 fully saturated rings. The van der Waals surface area contributed by atoms with E-state index in [-0.39, 0.29) is 6.03 Å². The van der Waals surface area contributed by atoms with Crippen LogP contribution in [0, 0.1) is 0 Å². The molecule has 0 spiro atoms. The van der Waals surface area contributed by atoms with Crippen LogP contribution in [-0.4, -0.2) is 59.2 Å². The molecule has 2 aromatic rings. The van der Waals surface area contributed by atoms with Crippen molar-refractivity contribution in [2.45, 2.75) is 13.3 Å². The van der Waals surface area contributed by atoms with E-state index in [1.807, 2.05) is 36.1 Å². The van der Waals surface area contributed by atoms with Gasteiger partial charge in [0.05, 0.1) is 0 Å². The van der Waals surface area contributed by atoms with Crippen molar-refractivity contribution >= 4 is 11.7 Å². The van der Waals surface area contributed by atoms with Gasteiger partial charge in [0.1, 0.15) is 0 Å². The molecule has 1 aliphatic heterocycles. The van der Waals surface area contributed by atoms with Gasteiger partial charge in [-0.2, -0.15) is 4.98 Å². The Balaban J connectivity index is 1.62. The lowest BCUT2D eigenvalue weighted by Crippen LogP contribution is -2.48. The molecule has 0 unspecified atom stereocenters. The minimum atomic E-state index is -0.0568. The van der Waals surface area contributed by atoms with Crippen LogP contribution in [-0.2, 0) is 6.42 Å². The number of piperazine rings is 1. The maximum absolute atomic E-state index is 12.2. The second-order valence-electron chi connectivity index (χ2n) is 5.66. The second-order valence-corrected chi connectivity index (χ2v) is 5.66. The first-order valence-corrected chi connectivity index (χ1v) is 7.83. The van der Waals surface area contributed by atoms with E-state index in [9.17, 15) is 4.79 Å². The zero-order valence-corrected chi connectivity index (χ0v) is 13.5. The summed E-state index contributed by atoms with van der Waals surface area (Å²) in [5.41, 5.74) is 1.63. The van der Waals surface area contributed by atoms with Crippen molar-refractivity contribution in [3.8, 4) is 11.4 Å². The van der Waals surface area contributed by atoms with Gasteiger partial charge in [-0.1, -0.05) is 12.1 Å². The molecular weight excluding hydrogens is 294 g/mol. The predicted octanol–water partition coefficient (Wildman–Crippen LogP) is 2.08. The zero-order chi connectivity index (χ0) is 16.2. The molecule has 0 saturated carbocycles. The third-order valence-electron chi connectivity index (χ3n) is 3.96. The molecular formula is C16H21N5O2. The Morgan fingerprint density at radius 1 is 1.22 bits per heavy atom. The molecule has 23 heavy (non-hydrogen) atoms. The maximum atomic E-state index is 12.2. The van der Waals surface area contributed by atoms with Crippen LogP contribution in [0.3, 0.4) is 0 Å². The molecule has 122 valence electrons. The van der Waals surface area contributed by atoms with E-state index in [1.165, 1.54) is 0 Å². The normalized spacial score (nSPS) is 15.7. The number of nitrogens with one attached hydrogen (secondary N) is 1. The number of nitrogens with zero attached hydrogens (tertiary/aromatic N) is 4. The number of carbonyl (C=O) groups excluding carboxylic acids is 1. The summed E-state index contributed by atoms with van der Waals surface area (Å²) in [5, 5.41) is 6.87. The highest BCUT2D eigenvalue weighted by Crippen LogP contribution is 2.19. The van der Waals surface area contributed by atoms with Crippen LogP contribution in [0.1, 0.15) is 12.8 Å². The van der Waals surface area contributed by atoms with Gasteiger partial charge in [-0.25, -0.2) is 4.79 Å². The summed E-state index contributed by atoms with van der Waals surface area (Å²) < 4.78 is 5.11. The first-order chi connectivity index (χ1) is 11.2. The number of anilines is 1. The Kier molecular flexibility index (Phi) is 4.57. The summed E-state index contributed by atoms with van der Waals surface area (Å²) in [6, 6.07) is 7.41. The molecule has 1 aliphatic rings. The van der Waals surface area contributed by atoms with E-state index in [0.717, 1.165) is 37.4 Å². The highest BCUT2D eigenvalue weighted by atomic mass is 16.5. The van der Waals surface area contributed by atoms with Crippen molar-refractivity contribution in [2.24, 2.45) is 0 Å². The van der Waals surface area contributed by atoms with Crippen LogP contribution in [0.5, 0.6) is 0 Å². The Labute approximate surface area is 135 Å². The van der Waals surface area contributed by atoms with Gasteiger partial charge in [-0.3, -0.25) is 0 Å². The lowest BCUT2D eigenvalue weighted by atomic mass is 10.2. The number of benzene rings is 1.